The van der Waals surface area contributed by atoms with Crippen molar-refractivity contribution in [2.24, 2.45) is 0 Å². The Morgan fingerprint density at radius 2 is 0.509 bits per heavy atom. The van der Waals surface area contributed by atoms with Gasteiger partial charge >= 0.3 is 29.6 Å². The minimum atomic E-state index is -0.858. The maximum atomic E-state index is 12.0. The molecular formula is C51H102NNaO2. The van der Waals surface area contributed by atoms with Crippen LogP contribution in [0, 0.1) is 0 Å². The summed E-state index contributed by atoms with van der Waals surface area (Å²) in [7, 11) is 0. The third kappa shape index (κ3) is 45.4. The van der Waals surface area contributed by atoms with Crippen LogP contribution in [-0.4, -0.2) is 30.0 Å². The molecule has 0 N–H and O–H groups in total. The summed E-state index contributed by atoms with van der Waals surface area (Å²) in [5, 5.41) is 12.0. The molecule has 0 amide bonds. The van der Waals surface area contributed by atoms with Crippen LogP contribution >= 0.6 is 0 Å². The van der Waals surface area contributed by atoms with E-state index < -0.39 is 12.0 Å². The first kappa shape index (κ1) is 57.5. The first-order chi connectivity index (χ1) is 26.7. The van der Waals surface area contributed by atoms with Crippen LogP contribution in [0.4, 0.5) is 0 Å². The van der Waals surface area contributed by atoms with E-state index in [0.29, 0.717) is 0 Å². The molecule has 0 aliphatic rings. The predicted molar refractivity (Wildman–Crippen MR) is 241 cm³/mol. The fourth-order valence-corrected chi connectivity index (χ4v) is 8.64. The van der Waals surface area contributed by atoms with Gasteiger partial charge in [-0.2, -0.15) is 0 Å². The minimum absolute atomic E-state index is 0. The molecule has 0 aliphatic carbocycles. The summed E-state index contributed by atoms with van der Waals surface area (Å²) in [6.45, 7) is 8.56. The average molecular weight is 784 g/mol. The van der Waals surface area contributed by atoms with E-state index in [-0.39, 0.29) is 29.6 Å². The third-order valence-electron chi connectivity index (χ3n) is 12.4. The maximum Gasteiger partial charge on any atom is 1.00 e. The fraction of sp³-hybridized carbons (Fsp3) is 0.980. The number of rotatable bonds is 48. The van der Waals surface area contributed by atoms with Gasteiger partial charge in [0.05, 0.1) is 5.97 Å². The van der Waals surface area contributed by atoms with Gasteiger partial charge in [0.1, 0.15) is 0 Å². The summed E-state index contributed by atoms with van der Waals surface area (Å²) >= 11 is 0. The van der Waals surface area contributed by atoms with Crippen LogP contribution in [-0.2, 0) is 4.79 Å². The molecule has 55 heavy (non-hydrogen) atoms. The zero-order valence-corrected chi connectivity index (χ0v) is 40.9. The van der Waals surface area contributed by atoms with Crippen molar-refractivity contribution in [3.05, 3.63) is 0 Å². The van der Waals surface area contributed by atoms with Crippen molar-refractivity contribution >= 4 is 5.97 Å². The standard InChI is InChI=1S/C51H103NO2.Na/c1-4-7-9-11-13-15-17-19-21-23-25-27-29-31-33-35-37-39-41-43-45-48-52(50(47-6-3)51(53)54)49-46-44-42-40-38-36-34-32-30-28-26-24-22-20-18-16-14-12-10-8-5-2;/h50H,4-49H2,1-3H3,(H,53,54);/q;+1/p-1. The molecular weight excluding hydrogens is 682 g/mol. The molecule has 324 valence electrons. The number of hydrogen-bond donors (Lipinski definition) is 0. The largest absolute Gasteiger partial charge is 1.00 e. The van der Waals surface area contributed by atoms with Crippen molar-refractivity contribution in [2.45, 2.75) is 309 Å². The van der Waals surface area contributed by atoms with Gasteiger partial charge in [0.25, 0.3) is 0 Å². The van der Waals surface area contributed by atoms with Gasteiger partial charge in [0.15, 0.2) is 0 Å². The Balaban J connectivity index is 0. The summed E-state index contributed by atoms with van der Waals surface area (Å²) in [5.41, 5.74) is 0. The van der Waals surface area contributed by atoms with Crippen LogP contribution in [0.5, 0.6) is 0 Å². The van der Waals surface area contributed by atoms with E-state index in [1.54, 1.807) is 0 Å². The Hall–Kier alpha value is 0.430. The van der Waals surface area contributed by atoms with Gasteiger partial charge in [-0.05, 0) is 32.4 Å². The molecule has 0 saturated carbocycles. The molecule has 3 nitrogen and oxygen atoms in total. The van der Waals surface area contributed by atoms with E-state index in [0.717, 1.165) is 38.8 Å². The SMILES string of the molecule is CCCCCCCCCCCCCCCCCCCCCCCN(CCCCCCCCCCCCCCCCCCCCCCC)C(CCC)C(=O)[O-].[Na+]. The quantitative estimate of drug-likeness (QED) is 0.0456. The van der Waals surface area contributed by atoms with E-state index in [1.807, 2.05) is 0 Å². The molecule has 0 spiro atoms. The Morgan fingerprint density at radius 1 is 0.327 bits per heavy atom. The Bertz CT molecular complexity index is 656. The van der Waals surface area contributed by atoms with Crippen LogP contribution in [0.15, 0.2) is 0 Å². The van der Waals surface area contributed by atoms with Gasteiger partial charge in [-0.25, -0.2) is 0 Å². The predicted octanol–water partition coefficient (Wildman–Crippen LogP) is 13.6. The van der Waals surface area contributed by atoms with Crippen LogP contribution < -0.4 is 34.7 Å². The summed E-state index contributed by atoms with van der Waals surface area (Å²) in [6, 6.07) is -0.398. The molecule has 1 unspecified atom stereocenters. The van der Waals surface area contributed by atoms with Crippen molar-refractivity contribution in [2.75, 3.05) is 13.1 Å². The Kier molecular flexibility index (Phi) is 52.9. The number of carboxylic acids is 1. The molecule has 0 aromatic rings. The molecule has 4 heteroatoms. The monoisotopic (exact) mass is 784 g/mol. The van der Waals surface area contributed by atoms with E-state index in [9.17, 15) is 9.90 Å². The zero-order chi connectivity index (χ0) is 39.3. The van der Waals surface area contributed by atoms with Crippen LogP contribution in [0.2, 0.25) is 0 Å². The maximum absolute atomic E-state index is 12.0. The third-order valence-corrected chi connectivity index (χ3v) is 12.4. The summed E-state index contributed by atoms with van der Waals surface area (Å²) in [5.74, 6) is -0.858. The molecule has 0 saturated heterocycles. The van der Waals surface area contributed by atoms with Gasteiger partial charge in [-0.15, -0.1) is 0 Å². The van der Waals surface area contributed by atoms with Crippen molar-refractivity contribution in [1.29, 1.82) is 0 Å². The van der Waals surface area contributed by atoms with Crippen LogP contribution in [0.25, 0.3) is 0 Å². The smallest absolute Gasteiger partial charge is 0.548 e. The topological polar surface area (TPSA) is 43.4 Å². The van der Waals surface area contributed by atoms with Crippen LogP contribution in [0.1, 0.15) is 303 Å². The van der Waals surface area contributed by atoms with E-state index in [1.165, 1.54) is 257 Å². The molecule has 0 radical (unpaired) electrons. The molecule has 0 rings (SSSR count). The molecule has 1 atom stereocenters. The van der Waals surface area contributed by atoms with Gasteiger partial charge in [0, 0.05) is 6.04 Å². The Labute approximate surface area is 370 Å². The number of unbranched alkanes of at least 4 members (excludes halogenated alkanes) is 40. The first-order valence-corrected chi connectivity index (χ1v) is 25.6. The molecule has 0 heterocycles. The second-order valence-electron chi connectivity index (χ2n) is 17.8. The van der Waals surface area contributed by atoms with Crippen LogP contribution in [0.3, 0.4) is 0 Å². The van der Waals surface area contributed by atoms with Gasteiger partial charge in [-0.1, -0.05) is 284 Å². The van der Waals surface area contributed by atoms with E-state index >= 15 is 0 Å². The number of carbonyl (C=O) groups excluding carboxylic acids is 1. The van der Waals surface area contributed by atoms with Gasteiger partial charge < -0.3 is 9.90 Å². The van der Waals surface area contributed by atoms with E-state index in [4.69, 9.17) is 0 Å². The number of carbonyl (C=O) groups is 1. The fourth-order valence-electron chi connectivity index (χ4n) is 8.64. The summed E-state index contributed by atoms with van der Waals surface area (Å²) < 4.78 is 0. The summed E-state index contributed by atoms with van der Waals surface area (Å²) in [4.78, 5) is 14.3. The molecule has 0 aromatic carbocycles. The Morgan fingerprint density at radius 3 is 0.673 bits per heavy atom. The molecule has 0 aliphatic heterocycles. The normalized spacial score (nSPS) is 12.1. The van der Waals surface area contributed by atoms with E-state index in [2.05, 4.69) is 25.7 Å². The van der Waals surface area contributed by atoms with Gasteiger partial charge in [-0.3, -0.25) is 4.90 Å². The molecule has 0 fully saturated rings. The second kappa shape index (κ2) is 50.6. The second-order valence-corrected chi connectivity index (χ2v) is 17.8. The number of hydrogen-bond acceptors (Lipinski definition) is 3. The van der Waals surface area contributed by atoms with Crippen molar-refractivity contribution in [3.8, 4) is 0 Å². The molecule has 0 aromatic heterocycles. The number of nitrogens with zero attached hydrogens (tertiary/aromatic N) is 1. The summed E-state index contributed by atoms with van der Waals surface area (Å²) in [6.07, 6.45) is 60.4. The van der Waals surface area contributed by atoms with Gasteiger partial charge in [0.2, 0.25) is 0 Å². The molecule has 0 bridgehead atoms. The average Bonchev–Trinajstić information content (AvgIpc) is 3.17. The first-order valence-electron chi connectivity index (χ1n) is 25.6. The number of aliphatic carboxylic acids is 1. The number of carboxylic acid groups (broad SMARTS) is 1. The minimum Gasteiger partial charge on any atom is -0.548 e. The zero-order valence-electron chi connectivity index (χ0n) is 38.9. The van der Waals surface area contributed by atoms with Crippen molar-refractivity contribution in [3.63, 3.8) is 0 Å². The van der Waals surface area contributed by atoms with Crippen molar-refractivity contribution in [1.82, 2.24) is 4.90 Å². The van der Waals surface area contributed by atoms with Crippen molar-refractivity contribution < 1.29 is 39.5 Å².